The molecule has 1 fully saturated rings. The van der Waals surface area contributed by atoms with Crippen molar-refractivity contribution < 1.29 is 10.2 Å². The van der Waals surface area contributed by atoms with Crippen LogP contribution in [-0.2, 0) is 0 Å². The first-order chi connectivity index (χ1) is 10.4. The highest BCUT2D eigenvalue weighted by atomic mass is 79.9. The van der Waals surface area contributed by atoms with Crippen LogP contribution in [0.1, 0.15) is 73.1 Å². The molecule has 1 saturated carbocycles. The van der Waals surface area contributed by atoms with E-state index >= 15 is 0 Å². The molecule has 0 aromatic rings. The molecular formula is C20H35BrO2. The van der Waals surface area contributed by atoms with Crippen LogP contribution in [0.4, 0.5) is 0 Å². The Kier molecular flexibility index (Phi) is 7.13. The predicted molar refractivity (Wildman–Crippen MR) is 103 cm³/mol. The van der Waals surface area contributed by atoms with Gasteiger partial charge in [-0.25, -0.2) is 0 Å². The minimum atomic E-state index is -0.865. The van der Waals surface area contributed by atoms with E-state index in [1.54, 1.807) is 13.0 Å². The average molecular weight is 387 g/mol. The Morgan fingerprint density at radius 2 is 2.00 bits per heavy atom. The van der Waals surface area contributed by atoms with E-state index in [4.69, 9.17) is 0 Å². The van der Waals surface area contributed by atoms with Crippen LogP contribution in [0.25, 0.3) is 0 Å². The fourth-order valence-electron chi connectivity index (χ4n) is 4.03. The smallest absolute Gasteiger partial charge is 0.0797 e. The Balaban J connectivity index is 2.98. The third-order valence-electron chi connectivity index (χ3n) is 5.78. The van der Waals surface area contributed by atoms with E-state index in [-0.39, 0.29) is 11.3 Å². The molecule has 0 spiro atoms. The second-order valence-electron chi connectivity index (χ2n) is 8.34. The SMILES string of the molecule is C=C[C@@](C)(O)CC[C@H]1[C@](C)(CCC=C(C)C)[C@@H](Br)CC[C@@]1(C)O. The number of rotatable bonds is 7. The maximum absolute atomic E-state index is 11.0. The number of hydrogen-bond acceptors (Lipinski definition) is 2. The summed E-state index contributed by atoms with van der Waals surface area (Å²) in [6, 6.07) is 0. The van der Waals surface area contributed by atoms with Gasteiger partial charge in [-0.3, -0.25) is 0 Å². The largest absolute Gasteiger partial charge is 0.390 e. The molecule has 0 heterocycles. The van der Waals surface area contributed by atoms with Crippen molar-refractivity contribution in [1.82, 2.24) is 0 Å². The van der Waals surface area contributed by atoms with E-state index in [1.165, 1.54) is 5.57 Å². The number of hydrogen-bond donors (Lipinski definition) is 2. The van der Waals surface area contributed by atoms with Gasteiger partial charge < -0.3 is 10.2 Å². The van der Waals surface area contributed by atoms with Crippen molar-refractivity contribution in [2.24, 2.45) is 11.3 Å². The van der Waals surface area contributed by atoms with Crippen LogP contribution in [0.5, 0.6) is 0 Å². The molecular weight excluding hydrogens is 352 g/mol. The Bertz CT molecular complexity index is 435. The van der Waals surface area contributed by atoms with Crippen LogP contribution in [0, 0.1) is 11.3 Å². The molecule has 0 bridgehead atoms. The summed E-state index contributed by atoms with van der Waals surface area (Å²) >= 11 is 3.89. The Morgan fingerprint density at radius 1 is 1.39 bits per heavy atom. The molecule has 0 saturated heterocycles. The molecule has 1 aliphatic rings. The highest BCUT2D eigenvalue weighted by Gasteiger charge is 2.51. The van der Waals surface area contributed by atoms with E-state index in [2.05, 4.69) is 49.4 Å². The van der Waals surface area contributed by atoms with Crippen molar-refractivity contribution in [2.45, 2.75) is 89.2 Å². The summed E-state index contributed by atoms with van der Waals surface area (Å²) in [5, 5.41) is 21.3. The zero-order valence-corrected chi connectivity index (χ0v) is 17.1. The minimum absolute atomic E-state index is 0.0188. The fourth-order valence-corrected chi connectivity index (χ4v) is 4.81. The second-order valence-corrected chi connectivity index (χ2v) is 9.45. The molecule has 0 aliphatic heterocycles. The lowest BCUT2D eigenvalue weighted by Crippen LogP contribution is -2.53. The first-order valence-electron chi connectivity index (χ1n) is 8.80. The molecule has 2 nitrogen and oxygen atoms in total. The van der Waals surface area contributed by atoms with Crippen molar-refractivity contribution in [2.75, 3.05) is 0 Å². The van der Waals surface area contributed by atoms with E-state index < -0.39 is 11.2 Å². The fraction of sp³-hybridized carbons (Fsp3) is 0.800. The molecule has 134 valence electrons. The normalized spacial score (nSPS) is 37.0. The van der Waals surface area contributed by atoms with E-state index in [1.807, 2.05) is 6.92 Å². The van der Waals surface area contributed by atoms with E-state index in [0.29, 0.717) is 11.2 Å². The molecule has 5 atom stereocenters. The Hall–Kier alpha value is -0.120. The first-order valence-corrected chi connectivity index (χ1v) is 9.72. The zero-order valence-electron chi connectivity index (χ0n) is 15.5. The summed E-state index contributed by atoms with van der Waals surface area (Å²) in [6.45, 7) is 14.0. The van der Waals surface area contributed by atoms with Gasteiger partial charge in [-0.05, 0) is 77.6 Å². The Labute approximate surface area is 151 Å². The topological polar surface area (TPSA) is 40.5 Å². The first kappa shape index (κ1) is 20.9. The number of allylic oxidation sites excluding steroid dienone is 2. The molecule has 0 aromatic carbocycles. The van der Waals surface area contributed by atoms with Gasteiger partial charge in [-0.15, -0.1) is 6.58 Å². The van der Waals surface area contributed by atoms with E-state index in [0.717, 1.165) is 32.1 Å². The molecule has 2 N–H and O–H groups in total. The van der Waals surface area contributed by atoms with Crippen LogP contribution >= 0.6 is 15.9 Å². The lowest BCUT2D eigenvalue weighted by molar-refractivity contribution is -0.102. The summed E-state index contributed by atoms with van der Waals surface area (Å²) in [5.74, 6) is 0.158. The number of alkyl halides is 1. The summed E-state index contributed by atoms with van der Waals surface area (Å²) in [7, 11) is 0. The highest BCUT2D eigenvalue weighted by molar-refractivity contribution is 9.09. The average Bonchev–Trinajstić information content (AvgIpc) is 2.42. The molecule has 1 rings (SSSR count). The van der Waals surface area contributed by atoms with Crippen molar-refractivity contribution in [3.05, 3.63) is 24.3 Å². The van der Waals surface area contributed by atoms with Gasteiger partial charge in [0.15, 0.2) is 0 Å². The van der Waals surface area contributed by atoms with Crippen LogP contribution in [0.2, 0.25) is 0 Å². The second kappa shape index (κ2) is 7.84. The molecule has 23 heavy (non-hydrogen) atoms. The minimum Gasteiger partial charge on any atom is -0.390 e. The van der Waals surface area contributed by atoms with Crippen molar-refractivity contribution in [3.63, 3.8) is 0 Å². The monoisotopic (exact) mass is 386 g/mol. The van der Waals surface area contributed by atoms with Gasteiger partial charge in [0.1, 0.15) is 0 Å². The van der Waals surface area contributed by atoms with Crippen LogP contribution < -0.4 is 0 Å². The lowest BCUT2D eigenvalue weighted by atomic mass is 9.57. The maximum atomic E-state index is 11.0. The maximum Gasteiger partial charge on any atom is 0.0797 e. The quantitative estimate of drug-likeness (QED) is 0.455. The summed E-state index contributed by atoms with van der Waals surface area (Å²) in [5.41, 5.74) is -0.184. The standard InChI is InChI=1S/C20H35BrO2/c1-7-18(4,22)13-10-16-19(5,12-8-9-15(2)3)17(21)11-14-20(16,6)23/h7,9,16-17,22-23H,1,8,10-14H2,2-6H3/t16-,17-,18+,19-,20+/m0/s1. The summed E-state index contributed by atoms with van der Waals surface area (Å²) in [4.78, 5) is 0.402. The van der Waals surface area contributed by atoms with Crippen LogP contribution in [0.3, 0.4) is 0 Å². The van der Waals surface area contributed by atoms with Crippen molar-refractivity contribution in [1.29, 1.82) is 0 Å². The van der Waals surface area contributed by atoms with Gasteiger partial charge in [-0.2, -0.15) is 0 Å². The van der Waals surface area contributed by atoms with Crippen molar-refractivity contribution in [3.8, 4) is 0 Å². The Morgan fingerprint density at radius 3 is 2.52 bits per heavy atom. The molecule has 3 heteroatoms. The third kappa shape index (κ3) is 5.44. The van der Waals surface area contributed by atoms with Gasteiger partial charge in [0, 0.05) is 4.83 Å². The van der Waals surface area contributed by atoms with Gasteiger partial charge >= 0.3 is 0 Å². The third-order valence-corrected chi connectivity index (χ3v) is 7.28. The molecule has 0 radical (unpaired) electrons. The zero-order chi connectivity index (χ0) is 17.9. The molecule has 1 aliphatic carbocycles. The van der Waals surface area contributed by atoms with Gasteiger partial charge in [-0.1, -0.05) is 40.6 Å². The summed E-state index contributed by atoms with van der Waals surface area (Å²) < 4.78 is 0. The molecule has 0 aromatic heterocycles. The highest BCUT2D eigenvalue weighted by Crippen LogP contribution is 2.54. The lowest BCUT2D eigenvalue weighted by Gasteiger charge is -2.53. The van der Waals surface area contributed by atoms with Crippen molar-refractivity contribution >= 4 is 15.9 Å². The summed E-state index contributed by atoms with van der Waals surface area (Å²) in [6.07, 6.45) is 9.21. The van der Waals surface area contributed by atoms with Gasteiger partial charge in [0.25, 0.3) is 0 Å². The molecule has 0 unspecified atom stereocenters. The van der Waals surface area contributed by atoms with Crippen LogP contribution in [-0.4, -0.2) is 26.2 Å². The van der Waals surface area contributed by atoms with Gasteiger partial charge in [0.2, 0.25) is 0 Å². The van der Waals surface area contributed by atoms with Crippen LogP contribution in [0.15, 0.2) is 24.3 Å². The van der Waals surface area contributed by atoms with E-state index in [9.17, 15) is 10.2 Å². The van der Waals surface area contributed by atoms with Gasteiger partial charge in [0.05, 0.1) is 11.2 Å². The number of aliphatic hydroxyl groups is 2. The predicted octanol–water partition coefficient (Wildman–Crippen LogP) is 5.38. The number of halogens is 1. The molecule has 0 amide bonds.